The van der Waals surface area contributed by atoms with Crippen LogP contribution in [0.15, 0.2) is 6.20 Å². The SMILES string of the molecule is Cc1nc([C@H](C)N(C)C)ncc1C(C)C. The van der Waals surface area contributed by atoms with Crippen LogP contribution in [0.2, 0.25) is 0 Å². The van der Waals surface area contributed by atoms with Crippen molar-refractivity contribution in [2.75, 3.05) is 14.1 Å². The highest BCUT2D eigenvalue weighted by atomic mass is 15.1. The highest BCUT2D eigenvalue weighted by molar-refractivity contribution is 5.20. The van der Waals surface area contributed by atoms with Gasteiger partial charge in [0.05, 0.1) is 6.04 Å². The van der Waals surface area contributed by atoms with Gasteiger partial charge in [-0.2, -0.15) is 0 Å². The van der Waals surface area contributed by atoms with Crippen LogP contribution in [0.3, 0.4) is 0 Å². The minimum absolute atomic E-state index is 0.268. The second-order valence-corrected chi connectivity index (χ2v) is 4.56. The molecule has 0 radical (unpaired) electrons. The van der Waals surface area contributed by atoms with Gasteiger partial charge in [0, 0.05) is 11.9 Å². The average molecular weight is 207 g/mol. The zero-order valence-corrected chi connectivity index (χ0v) is 10.6. The molecule has 0 aliphatic heterocycles. The Bertz CT molecular complexity index is 332. The molecule has 3 nitrogen and oxygen atoms in total. The molecule has 15 heavy (non-hydrogen) atoms. The van der Waals surface area contributed by atoms with Crippen molar-refractivity contribution in [3.05, 3.63) is 23.3 Å². The van der Waals surface area contributed by atoms with E-state index in [-0.39, 0.29) is 6.04 Å². The number of aryl methyl sites for hydroxylation is 1. The minimum atomic E-state index is 0.268. The summed E-state index contributed by atoms with van der Waals surface area (Å²) in [6.07, 6.45) is 1.96. The molecule has 0 fully saturated rings. The van der Waals surface area contributed by atoms with Crippen LogP contribution in [0, 0.1) is 6.92 Å². The fourth-order valence-electron chi connectivity index (χ4n) is 1.49. The number of nitrogens with zero attached hydrogens (tertiary/aromatic N) is 3. The van der Waals surface area contributed by atoms with Gasteiger partial charge in [-0.3, -0.25) is 4.90 Å². The van der Waals surface area contributed by atoms with Crippen LogP contribution in [0.4, 0.5) is 0 Å². The summed E-state index contributed by atoms with van der Waals surface area (Å²) >= 11 is 0. The van der Waals surface area contributed by atoms with Crippen LogP contribution in [-0.4, -0.2) is 29.0 Å². The van der Waals surface area contributed by atoms with Gasteiger partial charge in [0.2, 0.25) is 0 Å². The number of aromatic nitrogens is 2. The monoisotopic (exact) mass is 207 g/mol. The van der Waals surface area contributed by atoms with Gasteiger partial charge in [0.15, 0.2) is 0 Å². The lowest BCUT2D eigenvalue weighted by atomic mass is 10.0. The topological polar surface area (TPSA) is 29.0 Å². The Morgan fingerprint density at radius 3 is 2.20 bits per heavy atom. The first-order valence-electron chi connectivity index (χ1n) is 5.43. The third-order valence-electron chi connectivity index (χ3n) is 2.81. The summed E-state index contributed by atoms with van der Waals surface area (Å²) in [6, 6.07) is 0.268. The van der Waals surface area contributed by atoms with Crippen molar-refractivity contribution >= 4 is 0 Å². The van der Waals surface area contributed by atoms with E-state index in [0.717, 1.165) is 11.5 Å². The highest BCUT2D eigenvalue weighted by Gasteiger charge is 2.13. The Hall–Kier alpha value is -0.960. The Morgan fingerprint density at radius 1 is 1.20 bits per heavy atom. The van der Waals surface area contributed by atoms with Crippen molar-refractivity contribution in [1.82, 2.24) is 14.9 Å². The predicted octanol–water partition coefficient (Wildman–Crippen LogP) is 2.53. The van der Waals surface area contributed by atoms with Crippen LogP contribution in [0.1, 0.15) is 49.8 Å². The van der Waals surface area contributed by atoms with Gasteiger partial charge in [-0.1, -0.05) is 13.8 Å². The summed E-state index contributed by atoms with van der Waals surface area (Å²) in [5.41, 5.74) is 2.34. The second kappa shape index (κ2) is 4.71. The molecule has 3 heteroatoms. The van der Waals surface area contributed by atoms with Crippen molar-refractivity contribution in [1.29, 1.82) is 0 Å². The van der Waals surface area contributed by atoms with E-state index in [1.165, 1.54) is 5.56 Å². The summed E-state index contributed by atoms with van der Waals surface area (Å²) in [7, 11) is 4.08. The van der Waals surface area contributed by atoms with E-state index in [0.29, 0.717) is 5.92 Å². The quantitative estimate of drug-likeness (QED) is 0.762. The van der Waals surface area contributed by atoms with Crippen molar-refractivity contribution in [3.63, 3.8) is 0 Å². The summed E-state index contributed by atoms with van der Waals surface area (Å²) in [5.74, 6) is 1.40. The molecule has 0 aliphatic carbocycles. The van der Waals surface area contributed by atoms with E-state index >= 15 is 0 Å². The molecule has 0 unspecified atom stereocenters. The van der Waals surface area contributed by atoms with Gasteiger partial charge in [-0.25, -0.2) is 9.97 Å². The normalized spacial score (nSPS) is 13.6. The lowest BCUT2D eigenvalue weighted by Crippen LogP contribution is -2.19. The Kier molecular flexibility index (Phi) is 3.80. The van der Waals surface area contributed by atoms with Crippen LogP contribution in [-0.2, 0) is 0 Å². The van der Waals surface area contributed by atoms with E-state index in [1.54, 1.807) is 0 Å². The van der Waals surface area contributed by atoms with Crippen LogP contribution in [0.5, 0.6) is 0 Å². The number of rotatable bonds is 3. The molecule has 1 aromatic heterocycles. The molecular formula is C12H21N3. The Labute approximate surface area is 92.6 Å². The average Bonchev–Trinajstić information content (AvgIpc) is 2.15. The van der Waals surface area contributed by atoms with Gasteiger partial charge in [-0.05, 0) is 39.4 Å². The van der Waals surface area contributed by atoms with E-state index in [9.17, 15) is 0 Å². The summed E-state index contributed by atoms with van der Waals surface area (Å²) in [4.78, 5) is 11.1. The fraction of sp³-hybridized carbons (Fsp3) is 0.667. The predicted molar refractivity (Wildman–Crippen MR) is 63.0 cm³/mol. The Balaban J connectivity index is 3.01. The van der Waals surface area contributed by atoms with E-state index in [2.05, 4.69) is 42.6 Å². The zero-order chi connectivity index (χ0) is 11.6. The minimum Gasteiger partial charge on any atom is -0.300 e. The van der Waals surface area contributed by atoms with Gasteiger partial charge < -0.3 is 0 Å². The van der Waals surface area contributed by atoms with Crippen molar-refractivity contribution in [2.45, 2.75) is 39.7 Å². The molecule has 0 saturated heterocycles. The van der Waals surface area contributed by atoms with Gasteiger partial charge in [0.1, 0.15) is 5.82 Å². The van der Waals surface area contributed by atoms with E-state index < -0.39 is 0 Å². The van der Waals surface area contributed by atoms with Gasteiger partial charge in [-0.15, -0.1) is 0 Å². The van der Waals surface area contributed by atoms with Crippen molar-refractivity contribution in [2.24, 2.45) is 0 Å². The molecular weight excluding hydrogens is 186 g/mol. The van der Waals surface area contributed by atoms with Crippen molar-refractivity contribution < 1.29 is 0 Å². The van der Waals surface area contributed by atoms with E-state index in [4.69, 9.17) is 0 Å². The maximum atomic E-state index is 4.56. The smallest absolute Gasteiger partial charge is 0.145 e. The third kappa shape index (κ3) is 2.75. The molecule has 1 atom stereocenters. The highest BCUT2D eigenvalue weighted by Crippen LogP contribution is 2.19. The molecule has 0 spiro atoms. The summed E-state index contributed by atoms with van der Waals surface area (Å²) < 4.78 is 0. The molecule has 1 aromatic rings. The summed E-state index contributed by atoms with van der Waals surface area (Å²) in [5, 5.41) is 0. The molecule has 1 heterocycles. The van der Waals surface area contributed by atoms with Gasteiger partial charge >= 0.3 is 0 Å². The molecule has 0 N–H and O–H groups in total. The fourth-order valence-corrected chi connectivity index (χ4v) is 1.49. The van der Waals surface area contributed by atoms with Crippen molar-refractivity contribution in [3.8, 4) is 0 Å². The van der Waals surface area contributed by atoms with Crippen LogP contribution >= 0.6 is 0 Å². The number of hydrogen-bond donors (Lipinski definition) is 0. The molecule has 0 saturated carbocycles. The summed E-state index contributed by atoms with van der Waals surface area (Å²) in [6.45, 7) is 8.51. The first kappa shape index (κ1) is 12.1. The zero-order valence-electron chi connectivity index (χ0n) is 10.6. The largest absolute Gasteiger partial charge is 0.300 e. The molecule has 0 amide bonds. The lowest BCUT2D eigenvalue weighted by Gasteiger charge is -2.19. The maximum Gasteiger partial charge on any atom is 0.145 e. The lowest BCUT2D eigenvalue weighted by molar-refractivity contribution is 0.308. The maximum absolute atomic E-state index is 4.56. The molecule has 0 aliphatic rings. The first-order chi connectivity index (χ1) is 6.93. The van der Waals surface area contributed by atoms with E-state index in [1.807, 2.05) is 20.3 Å². The Morgan fingerprint density at radius 2 is 1.80 bits per heavy atom. The molecule has 0 bridgehead atoms. The standard InChI is InChI=1S/C12H21N3/c1-8(2)11-7-13-12(14-9(11)3)10(4)15(5)6/h7-8,10H,1-6H3/t10-/m0/s1. The van der Waals surface area contributed by atoms with Crippen LogP contribution in [0.25, 0.3) is 0 Å². The van der Waals surface area contributed by atoms with Crippen LogP contribution < -0.4 is 0 Å². The first-order valence-corrected chi connectivity index (χ1v) is 5.43. The van der Waals surface area contributed by atoms with Gasteiger partial charge in [0.25, 0.3) is 0 Å². The molecule has 84 valence electrons. The third-order valence-corrected chi connectivity index (χ3v) is 2.81. The number of hydrogen-bond acceptors (Lipinski definition) is 3. The molecule has 0 aromatic carbocycles. The molecule has 1 rings (SSSR count). The second-order valence-electron chi connectivity index (χ2n) is 4.56.